The summed E-state index contributed by atoms with van der Waals surface area (Å²) >= 11 is 0. The molecule has 0 aromatic carbocycles. The molecule has 3 N–H and O–H groups in total. The van der Waals surface area contributed by atoms with Crippen molar-refractivity contribution in [2.75, 3.05) is 26.2 Å². The molecule has 0 saturated carbocycles. The molecular formula is C25H46NO6+. The molecule has 0 radical (unpaired) electrons. The maximum atomic E-state index is 11.2. The Bertz CT molecular complexity index is 506. The first-order valence-corrected chi connectivity index (χ1v) is 12.5. The van der Waals surface area contributed by atoms with E-state index in [-0.39, 0.29) is 6.54 Å². The summed E-state index contributed by atoms with van der Waals surface area (Å²) in [4.78, 5) is 33.5. The van der Waals surface area contributed by atoms with Crippen LogP contribution < -0.4 is 0 Å². The van der Waals surface area contributed by atoms with Crippen molar-refractivity contribution in [3.63, 3.8) is 0 Å². The summed E-state index contributed by atoms with van der Waals surface area (Å²) in [5.41, 5.74) is 0. The van der Waals surface area contributed by atoms with E-state index < -0.39 is 42.0 Å². The number of allylic oxidation sites excluding steroid dienone is 2. The van der Waals surface area contributed by atoms with E-state index >= 15 is 0 Å². The second kappa shape index (κ2) is 19.8. The molecule has 32 heavy (non-hydrogen) atoms. The van der Waals surface area contributed by atoms with E-state index in [1.54, 1.807) is 0 Å². The van der Waals surface area contributed by atoms with Crippen molar-refractivity contribution in [1.82, 2.24) is 0 Å². The van der Waals surface area contributed by atoms with E-state index in [9.17, 15) is 14.4 Å². The minimum atomic E-state index is -1.17. The predicted octanol–water partition coefficient (Wildman–Crippen LogP) is 5.48. The van der Waals surface area contributed by atoms with Crippen LogP contribution in [0.1, 0.15) is 103 Å². The molecule has 0 amide bonds. The van der Waals surface area contributed by atoms with Gasteiger partial charge in [0.25, 0.3) is 0 Å². The highest BCUT2D eigenvalue weighted by Gasteiger charge is 2.35. The minimum absolute atomic E-state index is 0.263. The van der Waals surface area contributed by atoms with Crippen LogP contribution in [0, 0.1) is 0 Å². The monoisotopic (exact) mass is 456 g/mol. The van der Waals surface area contributed by atoms with Crippen LogP contribution in [0.5, 0.6) is 0 Å². The Morgan fingerprint density at radius 1 is 0.562 bits per heavy atom. The lowest BCUT2D eigenvalue weighted by Gasteiger charge is -2.34. The Balaban J connectivity index is 3.81. The van der Waals surface area contributed by atoms with Gasteiger partial charge in [-0.2, -0.15) is 0 Å². The summed E-state index contributed by atoms with van der Waals surface area (Å²) in [7, 11) is 0. The van der Waals surface area contributed by atoms with Gasteiger partial charge in [-0.3, -0.25) is 4.48 Å². The van der Waals surface area contributed by atoms with Gasteiger partial charge in [-0.05, 0) is 32.1 Å². The van der Waals surface area contributed by atoms with Crippen LogP contribution in [0.3, 0.4) is 0 Å². The van der Waals surface area contributed by atoms with E-state index in [4.69, 9.17) is 15.3 Å². The standard InChI is InChI=1S/C25H45NO6/c1-2-3-4-5-6-7-8-9-10-11-12-13-14-15-16-17-18-19-26(20-23(27)28,21-24(29)30)22-25(31)32/h4-5H,2-3,6-22H2,1H3,(H2-,27,28,29,30,31,32)/p+1/b5-4+. The number of hydrogen-bond donors (Lipinski definition) is 3. The van der Waals surface area contributed by atoms with Gasteiger partial charge in [0.05, 0.1) is 6.54 Å². The molecule has 0 unspecified atom stereocenters. The topological polar surface area (TPSA) is 112 Å². The van der Waals surface area contributed by atoms with Gasteiger partial charge in [-0.15, -0.1) is 0 Å². The van der Waals surface area contributed by atoms with Gasteiger partial charge in [0, 0.05) is 0 Å². The number of carbonyl (C=O) groups is 3. The molecule has 186 valence electrons. The summed E-state index contributed by atoms with van der Waals surface area (Å²) in [6.45, 7) is 1.03. The van der Waals surface area contributed by atoms with Gasteiger partial charge in [0.15, 0.2) is 19.6 Å². The van der Waals surface area contributed by atoms with E-state index in [0.717, 1.165) is 19.3 Å². The summed E-state index contributed by atoms with van der Waals surface area (Å²) in [5, 5.41) is 27.3. The molecule has 0 aliphatic carbocycles. The zero-order valence-electron chi connectivity index (χ0n) is 20.1. The normalized spacial score (nSPS) is 11.8. The molecule has 0 rings (SSSR count). The van der Waals surface area contributed by atoms with Crippen molar-refractivity contribution < 1.29 is 34.2 Å². The smallest absolute Gasteiger partial charge is 0.359 e. The van der Waals surface area contributed by atoms with Gasteiger partial charge in [0.1, 0.15) is 0 Å². The number of carboxylic acids is 3. The van der Waals surface area contributed by atoms with E-state index in [0.29, 0.717) is 6.42 Å². The van der Waals surface area contributed by atoms with Gasteiger partial charge >= 0.3 is 17.9 Å². The summed E-state index contributed by atoms with van der Waals surface area (Å²) in [6, 6.07) is 0. The molecule has 7 nitrogen and oxygen atoms in total. The molecule has 7 heteroatoms. The van der Waals surface area contributed by atoms with Crippen molar-refractivity contribution in [3.8, 4) is 0 Å². The Labute approximate surface area is 194 Å². The molecule has 0 aliphatic rings. The number of quaternary nitrogens is 1. The minimum Gasteiger partial charge on any atom is -0.477 e. The fourth-order valence-electron chi connectivity index (χ4n) is 4.15. The SMILES string of the molecule is CCC/C=C/CCCCCCCCCCCCCC[N+](CC(=O)O)(CC(=O)O)CC(=O)O. The number of rotatable bonds is 23. The lowest BCUT2D eigenvalue weighted by molar-refractivity contribution is -0.907. The Hall–Kier alpha value is -1.89. The molecule has 0 spiro atoms. The highest BCUT2D eigenvalue weighted by molar-refractivity contribution is 5.73. The van der Waals surface area contributed by atoms with Gasteiger partial charge in [0.2, 0.25) is 0 Å². The van der Waals surface area contributed by atoms with Crippen molar-refractivity contribution >= 4 is 17.9 Å². The molecule has 0 bridgehead atoms. The first kappa shape index (κ1) is 30.1. The number of nitrogens with zero attached hydrogens (tertiary/aromatic N) is 1. The lowest BCUT2D eigenvalue weighted by atomic mass is 10.0. The fourth-order valence-corrected chi connectivity index (χ4v) is 4.15. The summed E-state index contributed by atoms with van der Waals surface area (Å²) < 4.78 is -0.435. The largest absolute Gasteiger partial charge is 0.477 e. The van der Waals surface area contributed by atoms with Gasteiger partial charge < -0.3 is 15.3 Å². The first-order chi connectivity index (χ1) is 15.3. The third kappa shape index (κ3) is 18.8. The number of unbranched alkanes of at least 4 members (excludes halogenated alkanes) is 13. The van der Waals surface area contributed by atoms with Gasteiger partial charge in [-0.25, -0.2) is 14.4 Å². The van der Waals surface area contributed by atoms with Crippen LogP contribution in [0.25, 0.3) is 0 Å². The molecular weight excluding hydrogens is 410 g/mol. The first-order valence-electron chi connectivity index (χ1n) is 12.5. The van der Waals surface area contributed by atoms with Crippen LogP contribution in [-0.2, 0) is 14.4 Å². The molecule has 0 saturated heterocycles. The van der Waals surface area contributed by atoms with Crippen molar-refractivity contribution in [2.24, 2.45) is 0 Å². The Morgan fingerprint density at radius 2 is 0.906 bits per heavy atom. The maximum Gasteiger partial charge on any atom is 0.359 e. The predicted molar refractivity (Wildman–Crippen MR) is 127 cm³/mol. The molecule has 0 aliphatic heterocycles. The van der Waals surface area contributed by atoms with Crippen LogP contribution in [0.2, 0.25) is 0 Å². The second-order valence-electron chi connectivity index (χ2n) is 9.01. The number of carboxylic acid groups (broad SMARTS) is 3. The van der Waals surface area contributed by atoms with Crippen molar-refractivity contribution in [1.29, 1.82) is 0 Å². The highest BCUT2D eigenvalue weighted by Crippen LogP contribution is 2.15. The van der Waals surface area contributed by atoms with Crippen LogP contribution >= 0.6 is 0 Å². The molecule has 0 fully saturated rings. The van der Waals surface area contributed by atoms with E-state index in [2.05, 4.69) is 19.1 Å². The summed E-state index contributed by atoms with van der Waals surface area (Å²) in [5.74, 6) is -3.51. The number of aliphatic carboxylic acids is 3. The third-order valence-electron chi connectivity index (χ3n) is 5.79. The van der Waals surface area contributed by atoms with Crippen molar-refractivity contribution in [3.05, 3.63) is 12.2 Å². The summed E-state index contributed by atoms with van der Waals surface area (Å²) in [6.07, 6.45) is 22.1. The lowest BCUT2D eigenvalue weighted by Crippen LogP contribution is -2.57. The van der Waals surface area contributed by atoms with Crippen LogP contribution in [0.4, 0.5) is 0 Å². The average Bonchev–Trinajstić information content (AvgIpc) is 2.68. The van der Waals surface area contributed by atoms with Crippen LogP contribution in [-0.4, -0.2) is 63.9 Å². The second-order valence-corrected chi connectivity index (χ2v) is 9.01. The zero-order chi connectivity index (χ0) is 24.1. The van der Waals surface area contributed by atoms with E-state index in [1.165, 1.54) is 70.6 Å². The highest BCUT2D eigenvalue weighted by atomic mass is 16.4. The van der Waals surface area contributed by atoms with Crippen LogP contribution in [0.15, 0.2) is 12.2 Å². The number of hydrogen-bond acceptors (Lipinski definition) is 3. The van der Waals surface area contributed by atoms with Crippen molar-refractivity contribution in [2.45, 2.75) is 103 Å². The third-order valence-corrected chi connectivity index (χ3v) is 5.79. The average molecular weight is 457 g/mol. The Morgan fingerprint density at radius 3 is 1.28 bits per heavy atom. The molecule has 0 heterocycles. The maximum absolute atomic E-state index is 11.2. The molecule has 0 aromatic rings. The molecule has 0 atom stereocenters. The van der Waals surface area contributed by atoms with Gasteiger partial charge in [-0.1, -0.05) is 83.3 Å². The zero-order valence-corrected chi connectivity index (χ0v) is 20.1. The van der Waals surface area contributed by atoms with E-state index in [1.807, 2.05) is 0 Å². The Kier molecular flexibility index (Phi) is 18.6. The fraction of sp³-hybridized carbons (Fsp3) is 0.800. The molecule has 0 aromatic heterocycles. The quantitative estimate of drug-likeness (QED) is 0.107.